The molecule has 2 saturated heterocycles. The fourth-order valence-electron chi connectivity index (χ4n) is 5.48. The van der Waals surface area contributed by atoms with Crippen LogP contribution in [0.4, 0.5) is 5.82 Å². The summed E-state index contributed by atoms with van der Waals surface area (Å²) in [4.78, 5) is 9.94. The zero-order valence-electron chi connectivity index (χ0n) is 23.8. The molecule has 4 rings (SSSR count). The van der Waals surface area contributed by atoms with E-state index < -0.39 is 16.1 Å². The number of ether oxygens (including phenoxy) is 2. The molecule has 2 aromatic heterocycles. The number of hydrogen-bond acceptors (Lipinski definition) is 6. The largest absolute Gasteiger partial charge is 0.361 e. The van der Waals surface area contributed by atoms with Gasteiger partial charge in [-0.05, 0) is 49.9 Å². The molecule has 0 radical (unpaired) electrons. The Morgan fingerprint density at radius 1 is 0.972 bits per heavy atom. The molecule has 200 valence electrons. The second kappa shape index (κ2) is 11.7. The first-order valence-electron chi connectivity index (χ1n) is 14.0. The van der Waals surface area contributed by atoms with Crippen molar-refractivity contribution in [2.24, 2.45) is 0 Å². The Labute approximate surface area is 221 Å². The molecular formula is C26H48BN5O2Si2. The van der Waals surface area contributed by atoms with E-state index in [4.69, 9.17) is 14.5 Å². The van der Waals surface area contributed by atoms with Crippen molar-refractivity contribution in [2.45, 2.75) is 101 Å². The summed E-state index contributed by atoms with van der Waals surface area (Å²) in [6.45, 7) is 17.0. The lowest BCUT2D eigenvalue weighted by Gasteiger charge is -2.47. The number of aromatic nitrogens is 3. The second-order valence-electron chi connectivity index (χ2n) is 13.4. The summed E-state index contributed by atoms with van der Waals surface area (Å²) in [5, 5.41) is 4.64. The number of nitrogens with zero attached hydrogens (tertiary/aromatic N) is 5. The van der Waals surface area contributed by atoms with Crippen LogP contribution in [0.25, 0.3) is 5.65 Å². The Hall–Kier alpha value is -1.20. The quantitative estimate of drug-likeness (QED) is 0.224. The Morgan fingerprint density at radius 3 is 2.11 bits per heavy atom. The minimum absolute atomic E-state index is 0.498. The lowest BCUT2D eigenvalue weighted by Crippen LogP contribution is -2.50. The first-order chi connectivity index (χ1) is 17.0. The van der Waals surface area contributed by atoms with E-state index in [0.29, 0.717) is 31.5 Å². The summed E-state index contributed by atoms with van der Waals surface area (Å²) in [7, 11) is 0.0329. The second-order valence-corrected chi connectivity index (χ2v) is 24.7. The third-order valence-corrected chi connectivity index (χ3v) is 11.3. The molecular weight excluding hydrogens is 481 g/mol. The van der Waals surface area contributed by atoms with Crippen molar-refractivity contribution in [3.05, 3.63) is 24.0 Å². The summed E-state index contributed by atoms with van der Waals surface area (Å²) in [6, 6.07) is 7.98. The molecule has 0 amide bonds. The van der Waals surface area contributed by atoms with Gasteiger partial charge >= 0.3 is 0 Å². The van der Waals surface area contributed by atoms with Crippen LogP contribution in [0.15, 0.2) is 18.3 Å². The van der Waals surface area contributed by atoms with Crippen LogP contribution >= 0.6 is 0 Å². The lowest BCUT2D eigenvalue weighted by molar-refractivity contribution is 0.0941. The Balaban J connectivity index is 1.55. The fourth-order valence-corrected chi connectivity index (χ4v) is 7.00. The minimum Gasteiger partial charge on any atom is -0.361 e. The van der Waals surface area contributed by atoms with E-state index in [1.165, 1.54) is 37.8 Å². The van der Waals surface area contributed by atoms with E-state index in [9.17, 15) is 0 Å². The predicted molar refractivity (Wildman–Crippen MR) is 157 cm³/mol. The van der Waals surface area contributed by atoms with Crippen molar-refractivity contribution >= 4 is 35.6 Å². The zero-order valence-corrected chi connectivity index (χ0v) is 25.8. The van der Waals surface area contributed by atoms with Crippen LogP contribution in [0.3, 0.4) is 0 Å². The highest BCUT2D eigenvalue weighted by molar-refractivity contribution is 6.76. The van der Waals surface area contributed by atoms with Crippen molar-refractivity contribution in [2.75, 3.05) is 31.6 Å². The van der Waals surface area contributed by atoms with Crippen molar-refractivity contribution in [1.29, 1.82) is 0 Å². The molecule has 2 fully saturated rings. The standard InChI is InChI=1S/C26H48BN5O2Si2/c1-35(2,3)14-12-33-19-30(20-34-13-15-36(4,5)6)26-18-24(29-25-10-11-28-32(25)26)21-16-22-8-7-9-23(17-21)31(22)27/h10-11,18,21-23H,7-9,12-17,19-20,27H2,1-6H3. The summed E-state index contributed by atoms with van der Waals surface area (Å²) < 4.78 is 14.4. The van der Waals surface area contributed by atoms with Crippen LogP contribution < -0.4 is 4.90 Å². The molecule has 2 aliphatic rings. The van der Waals surface area contributed by atoms with E-state index in [-0.39, 0.29) is 0 Å². The predicted octanol–water partition coefficient (Wildman–Crippen LogP) is 4.81. The van der Waals surface area contributed by atoms with Gasteiger partial charge in [-0.3, -0.25) is 0 Å². The number of fused-ring (bicyclic) bond motifs is 3. The summed E-state index contributed by atoms with van der Waals surface area (Å²) in [5.41, 5.74) is 2.12. The van der Waals surface area contributed by atoms with Gasteiger partial charge in [0.05, 0.1) is 6.20 Å². The van der Waals surface area contributed by atoms with E-state index in [1.807, 2.05) is 16.8 Å². The van der Waals surface area contributed by atoms with Gasteiger partial charge in [-0.25, -0.2) is 4.98 Å². The van der Waals surface area contributed by atoms with E-state index >= 15 is 0 Å². The maximum atomic E-state index is 6.23. The van der Waals surface area contributed by atoms with Crippen LogP contribution in [0.5, 0.6) is 0 Å². The molecule has 7 nitrogen and oxygen atoms in total. The smallest absolute Gasteiger partial charge is 0.186 e. The third kappa shape index (κ3) is 7.43. The highest BCUT2D eigenvalue weighted by Crippen LogP contribution is 2.40. The summed E-state index contributed by atoms with van der Waals surface area (Å²) >= 11 is 0. The van der Waals surface area contributed by atoms with Gasteiger partial charge < -0.3 is 19.2 Å². The van der Waals surface area contributed by atoms with Crippen LogP contribution in [0.1, 0.15) is 43.7 Å². The SMILES string of the molecule is BN1C2CCCC1CC(c1cc(N(COCC[Si](C)(C)C)COCC[Si](C)(C)C)n3nccc3n1)C2. The molecule has 0 aliphatic carbocycles. The van der Waals surface area contributed by atoms with Crippen LogP contribution in [-0.4, -0.2) is 82.3 Å². The molecule has 10 heteroatoms. The van der Waals surface area contributed by atoms with Crippen LogP contribution in [-0.2, 0) is 9.47 Å². The topological polar surface area (TPSA) is 55.1 Å². The Bertz CT molecular complexity index is 957. The normalized spacial score (nSPS) is 23.3. The minimum atomic E-state index is -1.14. The van der Waals surface area contributed by atoms with Crippen molar-refractivity contribution in [3.63, 3.8) is 0 Å². The fraction of sp³-hybridized carbons (Fsp3) is 0.769. The monoisotopic (exact) mass is 529 g/mol. The highest BCUT2D eigenvalue weighted by Gasteiger charge is 2.37. The Kier molecular flexibility index (Phi) is 9.03. The van der Waals surface area contributed by atoms with Gasteiger partial charge in [0.15, 0.2) is 13.6 Å². The number of hydrogen-bond donors (Lipinski definition) is 0. The van der Waals surface area contributed by atoms with E-state index in [2.05, 4.69) is 68.1 Å². The van der Waals surface area contributed by atoms with E-state index in [0.717, 1.165) is 36.8 Å². The molecule has 2 aromatic rings. The van der Waals surface area contributed by atoms with E-state index in [1.54, 1.807) is 0 Å². The first kappa shape index (κ1) is 27.8. The molecule has 2 unspecified atom stereocenters. The molecule has 0 N–H and O–H groups in total. The van der Waals surface area contributed by atoms with Gasteiger partial charge in [0, 0.05) is 53.1 Å². The van der Waals surface area contributed by atoms with Gasteiger partial charge in [0.25, 0.3) is 0 Å². The van der Waals surface area contributed by atoms with Crippen LogP contribution in [0, 0.1) is 0 Å². The molecule has 2 atom stereocenters. The van der Waals surface area contributed by atoms with Crippen molar-refractivity contribution in [1.82, 2.24) is 19.4 Å². The summed E-state index contributed by atoms with van der Waals surface area (Å²) in [6.07, 6.45) is 8.24. The maximum absolute atomic E-state index is 6.23. The van der Waals surface area contributed by atoms with Gasteiger partial charge in [-0.2, -0.15) is 9.61 Å². The third-order valence-electron chi connectivity index (χ3n) is 7.93. The van der Waals surface area contributed by atoms with Gasteiger partial charge in [0.2, 0.25) is 0 Å². The lowest BCUT2D eigenvalue weighted by atomic mass is 9.75. The summed E-state index contributed by atoms with van der Waals surface area (Å²) in [5.74, 6) is 1.53. The van der Waals surface area contributed by atoms with Crippen molar-refractivity contribution in [3.8, 4) is 0 Å². The molecule has 0 aromatic carbocycles. The van der Waals surface area contributed by atoms with Gasteiger partial charge in [0.1, 0.15) is 19.3 Å². The maximum Gasteiger partial charge on any atom is 0.186 e. The van der Waals surface area contributed by atoms with Crippen molar-refractivity contribution < 1.29 is 9.47 Å². The van der Waals surface area contributed by atoms with Gasteiger partial charge in [-0.15, -0.1) is 0 Å². The molecule has 0 saturated carbocycles. The van der Waals surface area contributed by atoms with Crippen LogP contribution in [0.2, 0.25) is 51.4 Å². The first-order valence-corrected chi connectivity index (χ1v) is 21.4. The molecule has 4 heterocycles. The average Bonchev–Trinajstić information content (AvgIpc) is 3.25. The zero-order chi connectivity index (χ0) is 25.9. The van der Waals surface area contributed by atoms with Gasteiger partial charge in [-0.1, -0.05) is 45.7 Å². The highest BCUT2D eigenvalue weighted by atomic mass is 28.3. The molecule has 0 spiro atoms. The number of piperidine rings is 2. The number of anilines is 1. The number of rotatable bonds is 12. The Morgan fingerprint density at radius 2 is 1.56 bits per heavy atom. The molecule has 2 bridgehead atoms. The molecule has 36 heavy (non-hydrogen) atoms. The average molecular weight is 530 g/mol. The molecule has 2 aliphatic heterocycles.